The van der Waals surface area contributed by atoms with Gasteiger partial charge in [-0.1, -0.05) is 12.1 Å². The first-order valence-electron chi connectivity index (χ1n) is 6.18. The van der Waals surface area contributed by atoms with Gasteiger partial charge in [0.05, 0.1) is 24.7 Å². The molecule has 0 amide bonds. The quantitative estimate of drug-likeness (QED) is 0.741. The zero-order valence-electron chi connectivity index (χ0n) is 10.9. The fourth-order valence-electron chi connectivity index (χ4n) is 2.24. The van der Waals surface area contributed by atoms with Crippen molar-refractivity contribution in [2.75, 3.05) is 7.11 Å². The van der Waals surface area contributed by atoms with Gasteiger partial charge in [0, 0.05) is 0 Å². The fourth-order valence-corrected chi connectivity index (χ4v) is 2.51. The smallest absolute Gasteiger partial charge is 0.178 e. The molecule has 0 atom stereocenters. The van der Waals surface area contributed by atoms with Crippen LogP contribution in [0.2, 0.25) is 0 Å². The lowest BCUT2D eigenvalue weighted by Gasteiger charge is -2.07. The van der Waals surface area contributed by atoms with E-state index >= 15 is 0 Å². The molecule has 0 aliphatic heterocycles. The number of rotatable bonds is 3. The molecule has 0 saturated carbocycles. The van der Waals surface area contributed by atoms with E-state index in [1.165, 1.54) is 12.1 Å². The largest absolute Gasteiger partial charge is 0.497 e. The number of halogens is 1. The average Bonchev–Trinajstić information content (AvgIpc) is 2.75. The van der Waals surface area contributed by atoms with Gasteiger partial charge in [-0.2, -0.15) is 0 Å². The molecule has 3 rings (SSSR count). The second-order valence-corrected chi connectivity index (χ2v) is 4.92. The molecule has 1 aromatic heterocycles. The summed E-state index contributed by atoms with van der Waals surface area (Å²) < 4.78 is 21.1. The van der Waals surface area contributed by atoms with E-state index in [0.29, 0.717) is 11.3 Å². The van der Waals surface area contributed by atoms with Crippen LogP contribution in [-0.4, -0.2) is 16.7 Å². The number of hydrogen-bond acceptors (Lipinski definition) is 2. The van der Waals surface area contributed by atoms with Crippen LogP contribution in [0.4, 0.5) is 4.39 Å². The lowest BCUT2D eigenvalue weighted by molar-refractivity contribution is 0.414. The second-order valence-electron chi connectivity index (χ2n) is 4.53. The van der Waals surface area contributed by atoms with Crippen molar-refractivity contribution in [3.05, 3.63) is 58.6 Å². The van der Waals surface area contributed by atoms with Gasteiger partial charge < -0.3 is 14.3 Å². The van der Waals surface area contributed by atoms with Crippen molar-refractivity contribution in [2.24, 2.45) is 0 Å². The lowest BCUT2D eigenvalue weighted by atomic mass is 10.2. The Morgan fingerprint density at radius 2 is 2.10 bits per heavy atom. The van der Waals surface area contributed by atoms with Gasteiger partial charge >= 0.3 is 0 Å². The highest BCUT2D eigenvalue weighted by Crippen LogP contribution is 2.19. The number of ether oxygens (including phenoxy) is 1. The predicted octanol–water partition coefficient (Wildman–Crippen LogP) is 3.89. The Hall–Kier alpha value is -2.14. The van der Waals surface area contributed by atoms with Crippen LogP contribution in [0.25, 0.3) is 11.0 Å². The van der Waals surface area contributed by atoms with Crippen LogP contribution in [0.3, 0.4) is 0 Å². The van der Waals surface area contributed by atoms with Crippen molar-refractivity contribution >= 4 is 23.3 Å². The van der Waals surface area contributed by atoms with Gasteiger partial charge in [-0.05, 0) is 48.1 Å². The molecule has 20 heavy (non-hydrogen) atoms. The molecule has 0 saturated heterocycles. The van der Waals surface area contributed by atoms with Crippen LogP contribution < -0.4 is 4.74 Å². The predicted molar refractivity (Wildman–Crippen MR) is 79.2 cm³/mol. The number of methoxy groups -OCH3 is 1. The molecule has 0 fully saturated rings. The van der Waals surface area contributed by atoms with Gasteiger partial charge in [-0.3, -0.25) is 0 Å². The minimum absolute atomic E-state index is 0.272. The number of hydrogen-bond donors (Lipinski definition) is 1. The van der Waals surface area contributed by atoms with E-state index in [1.54, 1.807) is 13.2 Å². The third-order valence-electron chi connectivity index (χ3n) is 3.21. The van der Waals surface area contributed by atoms with Gasteiger partial charge in [0.1, 0.15) is 11.6 Å². The third kappa shape index (κ3) is 2.32. The summed E-state index contributed by atoms with van der Waals surface area (Å²) in [6.07, 6.45) is 0. The molecule has 0 aliphatic rings. The Bertz CT molecular complexity index is 822. The molecular weight excluding hydrogens is 275 g/mol. The van der Waals surface area contributed by atoms with Crippen molar-refractivity contribution in [3.8, 4) is 5.75 Å². The summed E-state index contributed by atoms with van der Waals surface area (Å²) in [5.41, 5.74) is 2.64. The normalized spacial score (nSPS) is 10.9. The van der Waals surface area contributed by atoms with Crippen LogP contribution in [0.15, 0.2) is 42.5 Å². The number of nitrogens with one attached hydrogen (secondary N) is 1. The summed E-state index contributed by atoms with van der Waals surface area (Å²) in [5.74, 6) is 0.519. The van der Waals surface area contributed by atoms with Gasteiger partial charge in [0.2, 0.25) is 0 Å². The molecule has 0 unspecified atom stereocenters. The Morgan fingerprint density at radius 3 is 2.90 bits per heavy atom. The molecule has 0 radical (unpaired) electrons. The van der Waals surface area contributed by atoms with Crippen LogP contribution in [0.5, 0.6) is 5.75 Å². The highest BCUT2D eigenvalue weighted by Gasteiger charge is 2.06. The monoisotopic (exact) mass is 288 g/mol. The minimum atomic E-state index is -0.272. The van der Waals surface area contributed by atoms with Gasteiger partial charge in [0.25, 0.3) is 0 Å². The van der Waals surface area contributed by atoms with E-state index in [2.05, 4.69) is 4.98 Å². The average molecular weight is 288 g/mol. The number of aromatic nitrogens is 2. The summed E-state index contributed by atoms with van der Waals surface area (Å²) in [6, 6.07) is 12.3. The summed E-state index contributed by atoms with van der Waals surface area (Å²) in [5, 5.41) is 0. The molecule has 0 spiro atoms. The van der Waals surface area contributed by atoms with Gasteiger partial charge in [-0.15, -0.1) is 0 Å². The molecular formula is C15H13FN2OS. The second kappa shape index (κ2) is 5.09. The van der Waals surface area contributed by atoms with Gasteiger partial charge in [-0.25, -0.2) is 4.39 Å². The standard InChI is InChI=1S/C15H13FN2OS/c1-19-12-4-2-3-10(7-12)9-18-14-8-11(16)5-6-13(14)17-15(18)20/h2-8H,9H2,1H3,(H,17,20). The molecule has 3 nitrogen and oxygen atoms in total. The number of nitrogens with zero attached hydrogens (tertiary/aromatic N) is 1. The molecule has 1 heterocycles. The summed E-state index contributed by atoms with van der Waals surface area (Å²) in [7, 11) is 1.63. The maximum absolute atomic E-state index is 13.4. The van der Waals surface area contributed by atoms with Crippen molar-refractivity contribution in [1.29, 1.82) is 0 Å². The first-order chi connectivity index (χ1) is 9.67. The minimum Gasteiger partial charge on any atom is -0.497 e. The molecule has 2 aromatic carbocycles. The van der Waals surface area contributed by atoms with Crippen LogP contribution in [0.1, 0.15) is 5.56 Å². The summed E-state index contributed by atoms with van der Waals surface area (Å²) >= 11 is 5.31. The Labute approximate surface area is 120 Å². The molecule has 0 bridgehead atoms. The molecule has 102 valence electrons. The third-order valence-corrected chi connectivity index (χ3v) is 3.53. The topological polar surface area (TPSA) is 29.9 Å². The maximum Gasteiger partial charge on any atom is 0.178 e. The highest BCUT2D eigenvalue weighted by molar-refractivity contribution is 7.71. The number of H-pyrrole nitrogens is 1. The van der Waals surface area contributed by atoms with Crippen LogP contribution in [-0.2, 0) is 6.54 Å². The van der Waals surface area contributed by atoms with Crippen LogP contribution >= 0.6 is 12.2 Å². The maximum atomic E-state index is 13.4. The van der Waals surface area contributed by atoms with Gasteiger partial charge in [0.15, 0.2) is 4.77 Å². The lowest BCUT2D eigenvalue weighted by Crippen LogP contribution is -2.00. The first-order valence-corrected chi connectivity index (χ1v) is 6.59. The van der Waals surface area contributed by atoms with E-state index in [0.717, 1.165) is 22.3 Å². The number of benzene rings is 2. The van der Waals surface area contributed by atoms with E-state index in [1.807, 2.05) is 28.8 Å². The molecule has 1 N–H and O–H groups in total. The molecule has 0 aliphatic carbocycles. The van der Waals surface area contributed by atoms with Crippen molar-refractivity contribution in [1.82, 2.24) is 9.55 Å². The Balaban J connectivity index is 2.07. The molecule has 3 aromatic rings. The fraction of sp³-hybridized carbons (Fsp3) is 0.133. The molecule has 5 heteroatoms. The van der Waals surface area contributed by atoms with Crippen molar-refractivity contribution < 1.29 is 9.13 Å². The van der Waals surface area contributed by atoms with Crippen LogP contribution in [0, 0.1) is 10.6 Å². The number of imidazole rings is 1. The highest BCUT2D eigenvalue weighted by atomic mass is 32.1. The number of fused-ring (bicyclic) bond motifs is 1. The first kappa shape index (κ1) is 12.9. The summed E-state index contributed by atoms with van der Waals surface area (Å²) in [6.45, 7) is 0.569. The Morgan fingerprint density at radius 1 is 1.25 bits per heavy atom. The SMILES string of the molecule is COc1cccc(Cn2c(=S)[nH]c3ccc(F)cc32)c1. The van der Waals surface area contributed by atoms with Crippen molar-refractivity contribution in [2.45, 2.75) is 6.54 Å². The zero-order valence-corrected chi connectivity index (χ0v) is 11.7. The van der Waals surface area contributed by atoms with E-state index in [9.17, 15) is 4.39 Å². The summed E-state index contributed by atoms with van der Waals surface area (Å²) in [4.78, 5) is 3.08. The zero-order chi connectivity index (χ0) is 14.1. The Kier molecular flexibility index (Phi) is 3.28. The van der Waals surface area contributed by atoms with E-state index in [-0.39, 0.29) is 5.82 Å². The van der Waals surface area contributed by atoms with E-state index in [4.69, 9.17) is 17.0 Å². The van der Waals surface area contributed by atoms with E-state index < -0.39 is 0 Å². The van der Waals surface area contributed by atoms with Crippen molar-refractivity contribution in [3.63, 3.8) is 0 Å². The number of aromatic amines is 1.